The normalized spacial score (nSPS) is 16.0. The molecule has 1 N–H and O–H groups in total. The Labute approximate surface area is 135 Å². The first-order chi connectivity index (χ1) is 11.1. The molecule has 0 aromatic heterocycles. The summed E-state index contributed by atoms with van der Waals surface area (Å²) in [5, 5.41) is 0. The average molecular weight is 331 g/mol. The molecule has 23 heavy (non-hydrogen) atoms. The highest BCUT2D eigenvalue weighted by Crippen LogP contribution is 2.33. The van der Waals surface area contributed by atoms with Crippen molar-refractivity contribution in [3.8, 4) is 11.5 Å². The quantitative estimate of drug-likeness (QED) is 0.939. The number of hydrogen-bond donors (Lipinski definition) is 1. The molecule has 0 unspecified atom stereocenters. The Morgan fingerprint density at radius 3 is 2.52 bits per heavy atom. The van der Waals surface area contributed by atoms with Gasteiger partial charge in [-0.3, -0.25) is 4.72 Å². The van der Waals surface area contributed by atoms with Crippen molar-refractivity contribution in [3.63, 3.8) is 0 Å². The van der Waals surface area contributed by atoms with Crippen LogP contribution in [0.25, 0.3) is 0 Å². The third-order valence-corrected chi connectivity index (χ3v) is 5.55. The van der Waals surface area contributed by atoms with Gasteiger partial charge in [-0.1, -0.05) is 6.07 Å². The minimum absolute atomic E-state index is 0.169. The molecule has 2 aromatic rings. The lowest BCUT2D eigenvalue weighted by molar-refractivity contribution is 0.171. The zero-order valence-electron chi connectivity index (χ0n) is 12.5. The zero-order valence-corrected chi connectivity index (χ0v) is 13.4. The zero-order chi connectivity index (χ0) is 15.9. The molecule has 2 aliphatic rings. The summed E-state index contributed by atoms with van der Waals surface area (Å²) in [7, 11) is -3.65. The van der Waals surface area contributed by atoms with Crippen LogP contribution in [0.4, 0.5) is 5.69 Å². The predicted octanol–water partition coefficient (Wildman–Crippen LogP) is 2.75. The molecule has 0 amide bonds. The fraction of sp³-hybridized carbons (Fsp3) is 0.294. The Morgan fingerprint density at radius 1 is 0.870 bits per heavy atom. The van der Waals surface area contributed by atoms with Gasteiger partial charge >= 0.3 is 0 Å². The van der Waals surface area contributed by atoms with Gasteiger partial charge < -0.3 is 9.47 Å². The predicted molar refractivity (Wildman–Crippen MR) is 86.7 cm³/mol. The maximum Gasteiger partial charge on any atom is 0.262 e. The molecular formula is C17H17NO4S. The Bertz CT molecular complexity index is 861. The van der Waals surface area contributed by atoms with Crippen LogP contribution in [0.2, 0.25) is 0 Å². The molecule has 0 bridgehead atoms. The van der Waals surface area contributed by atoms with Crippen LogP contribution in [-0.2, 0) is 22.9 Å². The summed E-state index contributed by atoms with van der Waals surface area (Å²) < 4.78 is 38.7. The summed E-state index contributed by atoms with van der Waals surface area (Å²) in [4.78, 5) is 0.169. The number of benzene rings is 2. The van der Waals surface area contributed by atoms with Crippen LogP contribution in [0.15, 0.2) is 41.3 Å². The third-order valence-electron chi connectivity index (χ3n) is 4.17. The standard InChI is InChI=1S/C17H17NO4S/c19-23(20,15-6-7-16-17(11-15)22-9-8-21-16)18-14-5-4-12-2-1-3-13(12)10-14/h4-7,10-11,18H,1-3,8-9H2. The van der Waals surface area contributed by atoms with Crippen molar-refractivity contribution in [1.82, 2.24) is 0 Å². The van der Waals surface area contributed by atoms with Gasteiger partial charge in [-0.15, -0.1) is 0 Å². The molecule has 0 spiro atoms. The van der Waals surface area contributed by atoms with Crippen molar-refractivity contribution < 1.29 is 17.9 Å². The van der Waals surface area contributed by atoms with Crippen LogP contribution in [0.5, 0.6) is 11.5 Å². The van der Waals surface area contributed by atoms with E-state index >= 15 is 0 Å². The number of aryl methyl sites for hydroxylation is 2. The van der Waals surface area contributed by atoms with E-state index in [1.165, 1.54) is 23.3 Å². The van der Waals surface area contributed by atoms with Crippen LogP contribution < -0.4 is 14.2 Å². The number of fused-ring (bicyclic) bond motifs is 2. The van der Waals surface area contributed by atoms with Crippen LogP contribution in [0, 0.1) is 0 Å². The second-order valence-electron chi connectivity index (χ2n) is 5.75. The minimum Gasteiger partial charge on any atom is -0.486 e. The van der Waals surface area contributed by atoms with Gasteiger partial charge in [-0.2, -0.15) is 0 Å². The van der Waals surface area contributed by atoms with E-state index in [4.69, 9.17) is 9.47 Å². The molecular weight excluding hydrogens is 314 g/mol. The lowest BCUT2D eigenvalue weighted by Gasteiger charge is -2.19. The lowest BCUT2D eigenvalue weighted by Crippen LogP contribution is -2.17. The second kappa shape index (κ2) is 5.45. The molecule has 1 aliphatic heterocycles. The van der Waals surface area contributed by atoms with E-state index in [-0.39, 0.29) is 4.90 Å². The molecule has 5 nitrogen and oxygen atoms in total. The SMILES string of the molecule is O=S(=O)(Nc1ccc2c(c1)CCC2)c1ccc2c(c1)OCCO2. The van der Waals surface area contributed by atoms with Crippen LogP contribution in [0.1, 0.15) is 17.5 Å². The molecule has 4 rings (SSSR count). The van der Waals surface area contributed by atoms with Gasteiger partial charge in [0.1, 0.15) is 13.2 Å². The number of sulfonamides is 1. The molecule has 0 saturated carbocycles. The van der Waals surface area contributed by atoms with E-state index in [2.05, 4.69) is 4.72 Å². The maximum absolute atomic E-state index is 12.6. The highest BCUT2D eigenvalue weighted by molar-refractivity contribution is 7.92. The Morgan fingerprint density at radius 2 is 1.65 bits per heavy atom. The van der Waals surface area contributed by atoms with Crippen molar-refractivity contribution in [2.24, 2.45) is 0 Å². The number of rotatable bonds is 3. The summed E-state index contributed by atoms with van der Waals surface area (Å²) in [6, 6.07) is 10.4. The molecule has 1 aliphatic carbocycles. The van der Waals surface area contributed by atoms with Gasteiger partial charge in [0, 0.05) is 11.8 Å². The minimum atomic E-state index is -3.65. The van der Waals surface area contributed by atoms with Gasteiger partial charge in [0.2, 0.25) is 0 Å². The van der Waals surface area contributed by atoms with Crippen LogP contribution >= 0.6 is 0 Å². The van der Waals surface area contributed by atoms with Crippen molar-refractivity contribution in [2.75, 3.05) is 17.9 Å². The monoisotopic (exact) mass is 331 g/mol. The van der Waals surface area contributed by atoms with Gasteiger partial charge in [0.15, 0.2) is 11.5 Å². The Balaban J connectivity index is 1.63. The number of anilines is 1. The van der Waals surface area contributed by atoms with E-state index in [1.54, 1.807) is 6.07 Å². The molecule has 120 valence electrons. The third kappa shape index (κ3) is 2.74. The van der Waals surface area contributed by atoms with E-state index < -0.39 is 10.0 Å². The van der Waals surface area contributed by atoms with Crippen molar-refractivity contribution in [3.05, 3.63) is 47.5 Å². The van der Waals surface area contributed by atoms with Crippen LogP contribution in [-0.4, -0.2) is 21.6 Å². The maximum atomic E-state index is 12.6. The topological polar surface area (TPSA) is 64.6 Å². The van der Waals surface area contributed by atoms with Crippen molar-refractivity contribution >= 4 is 15.7 Å². The van der Waals surface area contributed by atoms with E-state index in [9.17, 15) is 8.42 Å². The molecule has 6 heteroatoms. The van der Waals surface area contributed by atoms with Crippen molar-refractivity contribution in [2.45, 2.75) is 24.2 Å². The highest BCUT2D eigenvalue weighted by atomic mass is 32.2. The Hall–Kier alpha value is -2.21. The summed E-state index contributed by atoms with van der Waals surface area (Å²) in [6.45, 7) is 0.904. The van der Waals surface area contributed by atoms with E-state index in [1.807, 2.05) is 18.2 Å². The second-order valence-corrected chi connectivity index (χ2v) is 7.43. The Kier molecular flexibility index (Phi) is 3.41. The first-order valence-electron chi connectivity index (χ1n) is 7.66. The molecule has 1 heterocycles. The number of ether oxygens (including phenoxy) is 2. The summed E-state index contributed by atoms with van der Waals surface area (Å²) in [6.07, 6.45) is 3.22. The number of hydrogen-bond acceptors (Lipinski definition) is 4. The van der Waals surface area contributed by atoms with Crippen molar-refractivity contribution in [1.29, 1.82) is 0 Å². The van der Waals surface area contributed by atoms with E-state index in [0.717, 1.165) is 19.3 Å². The lowest BCUT2D eigenvalue weighted by atomic mass is 10.1. The number of nitrogens with one attached hydrogen (secondary N) is 1. The molecule has 0 saturated heterocycles. The largest absolute Gasteiger partial charge is 0.486 e. The fourth-order valence-electron chi connectivity index (χ4n) is 3.04. The molecule has 2 aromatic carbocycles. The first kappa shape index (κ1) is 14.4. The molecule has 0 atom stereocenters. The molecule has 0 radical (unpaired) electrons. The summed E-state index contributed by atoms with van der Waals surface area (Å²) >= 11 is 0. The molecule has 0 fully saturated rings. The van der Waals surface area contributed by atoms with Gasteiger partial charge in [-0.25, -0.2) is 8.42 Å². The fourth-order valence-corrected chi connectivity index (χ4v) is 4.10. The summed E-state index contributed by atoms with van der Waals surface area (Å²) in [5.41, 5.74) is 3.14. The van der Waals surface area contributed by atoms with Gasteiger partial charge in [0.25, 0.3) is 10.0 Å². The average Bonchev–Trinajstić information content (AvgIpc) is 3.01. The summed E-state index contributed by atoms with van der Waals surface area (Å²) in [5.74, 6) is 1.04. The van der Waals surface area contributed by atoms with E-state index in [0.29, 0.717) is 30.4 Å². The van der Waals surface area contributed by atoms with Gasteiger partial charge in [0.05, 0.1) is 4.90 Å². The first-order valence-corrected chi connectivity index (χ1v) is 9.14. The highest BCUT2D eigenvalue weighted by Gasteiger charge is 2.20. The van der Waals surface area contributed by atoms with Gasteiger partial charge in [-0.05, 0) is 54.7 Å². The smallest absolute Gasteiger partial charge is 0.262 e. The van der Waals surface area contributed by atoms with Crippen LogP contribution in [0.3, 0.4) is 0 Å².